The highest BCUT2D eigenvalue weighted by Crippen LogP contribution is 2.31. The third kappa shape index (κ3) is 2.43. The van der Waals surface area contributed by atoms with Crippen LogP contribution in [0.2, 0.25) is 5.02 Å². The van der Waals surface area contributed by atoms with Crippen LogP contribution in [0.15, 0.2) is 18.2 Å². The maximum Gasteiger partial charge on any atom is 0.259 e. The van der Waals surface area contributed by atoms with Crippen LogP contribution in [0.4, 0.5) is 10.8 Å². The molecule has 0 saturated heterocycles. The van der Waals surface area contributed by atoms with Gasteiger partial charge in [0.2, 0.25) is 0 Å². The fraction of sp³-hybridized carbons (Fsp3) is 0.231. The number of nitrogens with one attached hydrogen (secondary N) is 1. The molecule has 1 aliphatic rings. The normalized spacial score (nSPS) is 13.3. The number of amides is 1. The number of halogens is 1. The quantitative estimate of drug-likeness (QED) is 0.836. The first-order valence-electron chi connectivity index (χ1n) is 5.98. The molecule has 0 bridgehead atoms. The minimum absolute atomic E-state index is 0.273. The number of hydrogen-bond acceptors (Lipinski definition) is 4. The van der Waals surface area contributed by atoms with Gasteiger partial charge >= 0.3 is 0 Å². The summed E-state index contributed by atoms with van der Waals surface area (Å²) in [6, 6.07) is 4.85. The number of nitrogens with two attached hydrogens (primary N) is 1. The number of aromatic nitrogens is 1. The molecule has 3 N–H and O–H groups in total. The Hall–Kier alpha value is -1.59. The van der Waals surface area contributed by atoms with Crippen LogP contribution >= 0.6 is 22.9 Å². The molecule has 1 aromatic carbocycles. The van der Waals surface area contributed by atoms with Crippen LogP contribution in [0.5, 0.6) is 0 Å². The number of benzene rings is 1. The maximum atomic E-state index is 12.1. The van der Waals surface area contributed by atoms with Crippen LogP contribution in [-0.2, 0) is 12.8 Å². The fourth-order valence-electron chi connectivity index (χ4n) is 2.13. The van der Waals surface area contributed by atoms with Gasteiger partial charge in [0.1, 0.15) is 0 Å². The van der Waals surface area contributed by atoms with E-state index in [0.29, 0.717) is 21.4 Å². The lowest BCUT2D eigenvalue weighted by Gasteiger charge is -2.05. The molecule has 0 fully saturated rings. The van der Waals surface area contributed by atoms with E-state index >= 15 is 0 Å². The van der Waals surface area contributed by atoms with Gasteiger partial charge in [0.15, 0.2) is 5.13 Å². The van der Waals surface area contributed by atoms with E-state index in [1.807, 2.05) is 0 Å². The van der Waals surface area contributed by atoms with Gasteiger partial charge in [-0.05, 0) is 37.5 Å². The standard InChI is InChI=1S/C13H12ClN3OS/c14-9-5-4-7(15)6-8(9)12(18)17-13-16-10-2-1-3-11(10)19-13/h4-6H,1-3,15H2,(H,16,17,18). The van der Waals surface area contributed by atoms with Crippen molar-refractivity contribution in [3.05, 3.63) is 39.4 Å². The van der Waals surface area contributed by atoms with Crippen LogP contribution in [0, 0.1) is 0 Å². The minimum Gasteiger partial charge on any atom is -0.399 e. The van der Waals surface area contributed by atoms with Gasteiger partial charge in [0.05, 0.1) is 16.3 Å². The molecule has 0 radical (unpaired) electrons. The summed E-state index contributed by atoms with van der Waals surface area (Å²) in [7, 11) is 0. The van der Waals surface area contributed by atoms with E-state index in [-0.39, 0.29) is 5.91 Å². The SMILES string of the molecule is Nc1ccc(Cl)c(C(=O)Nc2nc3c(s2)CCC3)c1. The van der Waals surface area contributed by atoms with E-state index in [0.717, 1.165) is 25.0 Å². The highest BCUT2D eigenvalue weighted by molar-refractivity contribution is 7.16. The van der Waals surface area contributed by atoms with E-state index in [9.17, 15) is 4.79 Å². The Kier molecular flexibility index (Phi) is 3.16. The largest absolute Gasteiger partial charge is 0.399 e. The zero-order valence-corrected chi connectivity index (χ0v) is 11.6. The van der Waals surface area contributed by atoms with Gasteiger partial charge in [-0.2, -0.15) is 0 Å². The predicted molar refractivity (Wildman–Crippen MR) is 78.0 cm³/mol. The van der Waals surface area contributed by atoms with E-state index in [4.69, 9.17) is 17.3 Å². The summed E-state index contributed by atoms with van der Waals surface area (Å²) in [5.74, 6) is -0.273. The second-order valence-corrected chi connectivity index (χ2v) is 5.93. The molecule has 0 unspecified atom stereocenters. The lowest BCUT2D eigenvalue weighted by molar-refractivity contribution is 0.102. The third-order valence-electron chi connectivity index (χ3n) is 3.05. The van der Waals surface area contributed by atoms with Crippen LogP contribution in [0.3, 0.4) is 0 Å². The van der Waals surface area contributed by atoms with Gasteiger partial charge < -0.3 is 5.73 Å². The Balaban J connectivity index is 1.82. The van der Waals surface area contributed by atoms with Gasteiger partial charge in [0.25, 0.3) is 5.91 Å². The summed E-state index contributed by atoms with van der Waals surface area (Å²) >= 11 is 7.54. The van der Waals surface area contributed by atoms with Crippen molar-refractivity contribution < 1.29 is 4.79 Å². The van der Waals surface area contributed by atoms with E-state index in [1.165, 1.54) is 16.2 Å². The number of fused-ring (bicyclic) bond motifs is 1. The topological polar surface area (TPSA) is 68.0 Å². The van der Waals surface area contributed by atoms with Crippen molar-refractivity contribution in [1.29, 1.82) is 0 Å². The molecule has 0 spiro atoms. The molecule has 3 rings (SSSR count). The predicted octanol–water partition coefficient (Wildman–Crippen LogP) is 3.12. The summed E-state index contributed by atoms with van der Waals surface area (Å²) in [4.78, 5) is 17.8. The van der Waals surface area contributed by atoms with Gasteiger partial charge in [-0.1, -0.05) is 11.6 Å². The molecule has 6 heteroatoms. The van der Waals surface area contributed by atoms with Crippen LogP contribution in [0.25, 0.3) is 0 Å². The Morgan fingerprint density at radius 2 is 2.26 bits per heavy atom. The Morgan fingerprint density at radius 3 is 3.05 bits per heavy atom. The number of anilines is 2. The average Bonchev–Trinajstić information content (AvgIpc) is 2.92. The Labute approximate surface area is 119 Å². The van der Waals surface area contributed by atoms with Crippen molar-refractivity contribution in [1.82, 2.24) is 4.98 Å². The molecule has 0 saturated carbocycles. The van der Waals surface area contributed by atoms with Crippen molar-refractivity contribution in [2.75, 3.05) is 11.1 Å². The molecular weight excluding hydrogens is 282 g/mol. The molecule has 1 aliphatic carbocycles. The molecule has 0 atom stereocenters. The summed E-state index contributed by atoms with van der Waals surface area (Å²) in [5, 5.41) is 3.80. The number of rotatable bonds is 2. The first-order chi connectivity index (χ1) is 9.13. The van der Waals surface area contributed by atoms with Crippen LogP contribution in [-0.4, -0.2) is 10.9 Å². The zero-order chi connectivity index (χ0) is 13.4. The van der Waals surface area contributed by atoms with E-state index in [1.54, 1.807) is 18.2 Å². The first kappa shape index (κ1) is 12.4. The van der Waals surface area contributed by atoms with Crippen molar-refractivity contribution in [2.24, 2.45) is 0 Å². The number of hydrogen-bond donors (Lipinski definition) is 2. The number of carbonyl (C=O) groups excluding carboxylic acids is 1. The molecule has 0 aliphatic heterocycles. The van der Waals surface area contributed by atoms with Crippen molar-refractivity contribution in [3.8, 4) is 0 Å². The Bertz CT molecular complexity index is 632. The number of nitrogen functional groups attached to an aromatic ring is 1. The number of thiazole rings is 1. The van der Waals surface area contributed by atoms with Crippen LogP contribution < -0.4 is 11.1 Å². The van der Waals surface area contributed by atoms with E-state index in [2.05, 4.69) is 10.3 Å². The molecule has 19 heavy (non-hydrogen) atoms. The monoisotopic (exact) mass is 293 g/mol. The summed E-state index contributed by atoms with van der Waals surface area (Å²) < 4.78 is 0. The van der Waals surface area contributed by atoms with Crippen molar-refractivity contribution >= 4 is 39.7 Å². The summed E-state index contributed by atoms with van der Waals surface area (Å²) in [6.45, 7) is 0. The van der Waals surface area contributed by atoms with Gasteiger partial charge in [0, 0.05) is 10.6 Å². The molecule has 98 valence electrons. The lowest BCUT2D eigenvalue weighted by Crippen LogP contribution is -2.12. The highest BCUT2D eigenvalue weighted by atomic mass is 35.5. The van der Waals surface area contributed by atoms with Gasteiger partial charge in [-0.25, -0.2) is 4.98 Å². The molecule has 1 heterocycles. The van der Waals surface area contributed by atoms with Crippen molar-refractivity contribution in [3.63, 3.8) is 0 Å². The second-order valence-electron chi connectivity index (χ2n) is 4.44. The van der Waals surface area contributed by atoms with Crippen molar-refractivity contribution in [2.45, 2.75) is 19.3 Å². The lowest BCUT2D eigenvalue weighted by atomic mass is 10.2. The zero-order valence-electron chi connectivity index (χ0n) is 10.1. The average molecular weight is 294 g/mol. The number of nitrogens with zero attached hydrogens (tertiary/aromatic N) is 1. The number of carbonyl (C=O) groups is 1. The second kappa shape index (κ2) is 4.83. The molecule has 1 aromatic heterocycles. The smallest absolute Gasteiger partial charge is 0.259 e. The molecule has 4 nitrogen and oxygen atoms in total. The molecule has 2 aromatic rings. The maximum absolute atomic E-state index is 12.1. The first-order valence-corrected chi connectivity index (χ1v) is 7.18. The minimum atomic E-state index is -0.273. The third-order valence-corrected chi connectivity index (χ3v) is 4.45. The fourth-order valence-corrected chi connectivity index (χ4v) is 3.37. The molecular formula is C13H12ClN3OS. The van der Waals surface area contributed by atoms with Crippen LogP contribution in [0.1, 0.15) is 27.3 Å². The highest BCUT2D eigenvalue weighted by Gasteiger charge is 2.19. The van der Waals surface area contributed by atoms with Gasteiger partial charge in [-0.3, -0.25) is 10.1 Å². The number of aryl methyl sites for hydroxylation is 2. The Morgan fingerprint density at radius 1 is 1.42 bits per heavy atom. The molecule has 1 amide bonds. The van der Waals surface area contributed by atoms with E-state index < -0.39 is 0 Å². The summed E-state index contributed by atoms with van der Waals surface area (Å²) in [6.07, 6.45) is 3.21. The summed E-state index contributed by atoms with van der Waals surface area (Å²) in [5.41, 5.74) is 7.66. The van der Waals surface area contributed by atoms with Gasteiger partial charge in [-0.15, -0.1) is 11.3 Å².